The lowest BCUT2D eigenvalue weighted by molar-refractivity contribution is -0.117. The third kappa shape index (κ3) is 2.03. The van der Waals surface area contributed by atoms with E-state index < -0.39 is 23.1 Å². The largest absolute Gasteiger partial charge is 0.324 e. The van der Waals surface area contributed by atoms with Gasteiger partial charge in [0.1, 0.15) is 0 Å². The molecular formula is C11H12N4O3. The third-order valence-corrected chi connectivity index (χ3v) is 2.50. The molecule has 0 aliphatic heterocycles. The lowest BCUT2D eigenvalue weighted by Gasteiger charge is -2.09. The number of hydrogen-bond donors (Lipinski definition) is 4. The van der Waals surface area contributed by atoms with Crippen molar-refractivity contribution in [1.82, 2.24) is 10.2 Å². The Morgan fingerprint density at radius 2 is 1.94 bits per heavy atom. The molecule has 1 atom stereocenters. The van der Waals surface area contributed by atoms with Gasteiger partial charge in [-0.2, -0.15) is 0 Å². The van der Waals surface area contributed by atoms with E-state index >= 15 is 0 Å². The highest BCUT2D eigenvalue weighted by Gasteiger charge is 2.12. The Hall–Kier alpha value is -2.41. The van der Waals surface area contributed by atoms with Crippen molar-refractivity contribution in [1.29, 1.82) is 0 Å². The van der Waals surface area contributed by atoms with Crippen LogP contribution in [0, 0.1) is 0 Å². The molecule has 7 nitrogen and oxygen atoms in total. The molecule has 2 rings (SSSR count). The molecule has 1 heterocycles. The second-order valence-corrected chi connectivity index (χ2v) is 3.91. The summed E-state index contributed by atoms with van der Waals surface area (Å²) >= 11 is 0. The predicted octanol–water partition coefficient (Wildman–Crippen LogP) is -0.498. The lowest BCUT2D eigenvalue weighted by Crippen LogP contribution is -2.33. The zero-order valence-corrected chi connectivity index (χ0v) is 9.61. The van der Waals surface area contributed by atoms with Gasteiger partial charge in [-0.3, -0.25) is 24.6 Å². The van der Waals surface area contributed by atoms with Gasteiger partial charge in [-0.05, 0) is 19.1 Å². The molecule has 0 spiro atoms. The number of rotatable bonds is 2. The van der Waals surface area contributed by atoms with Crippen LogP contribution < -0.4 is 22.2 Å². The van der Waals surface area contributed by atoms with E-state index in [9.17, 15) is 14.4 Å². The maximum atomic E-state index is 11.7. The van der Waals surface area contributed by atoms with E-state index in [0.29, 0.717) is 0 Å². The maximum Gasteiger partial charge on any atom is 0.272 e. The summed E-state index contributed by atoms with van der Waals surface area (Å²) in [5.41, 5.74) is 4.79. The molecule has 1 aromatic carbocycles. The first-order chi connectivity index (χ1) is 8.50. The molecule has 5 N–H and O–H groups in total. The minimum atomic E-state index is -0.707. The fourth-order valence-electron chi connectivity index (χ4n) is 1.58. The van der Waals surface area contributed by atoms with Crippen molar-refractivity contribution < 1.29 is 4.79 Å². The summed E-state index contributed by atoms with van der Waals surface area (Å²) in [5, 5.41) is 7.28. The van der Waals surface area contributed by atoms with Gasteiger partial charge in [0.2, 0.25) is 5.91 Å². The van der Waals surface area contributed by atoms with Gasteiger partial charge >= 0.3 is 0 Å². The summed E-state index contributed by atoms with van der Waals surface area (Å²) in [4.78, 5) is 34.8. The first kappa shape index (κ1) is 12.1. The van der Waals surface area contributed by atoms with E-state index in [1.165, 1.54) is 19.1 Å². The van der Waals surface area contributed by atoms with Crippen LogP contribution in [0.4, 0.5) is 5.69 Å². The zero-order valence-electron chi connectivity index (χ0n) is 9.61. The highest BCUT2D eigenvalue weighted by molar-refractivity contribution is 6.02. The highest BCUT2D eigenvalue weighted by Crippen LogP contribution is 2.16. The van der Waals surface area contributed by atoms with Gasteiger partial charge in [-0.25, -0.2) is 0 Å². The van der Waals surface area contributed by atoms with Crippen LogP contribution in [0.1, 0.15) is 6.92 Å². The SMILES string of the molecule is C[C@@H](N)C(=O)Nc1cccc2c(=O)[nH][nH]c(=O)c12. The van der Waals surface area contributed by atoms with Gasteiger partial charge in [0, 0.05) is 0 Å². The van der Waals surface area contributed by atoms with Crippen LogP contribution in [-0.4, -0.2) is 22.1 Å². The Balaban J connectivity index is 2.66. The average molecular weight is 248 g/mol. The van der Waals surface area contributed by atoms with Crippen molar-refractivity contribution in [3.8, 4) is 0 Å². The van der Waals surface area contributed by atoms with Crippen LogP contribution in [0.25, 0.3) is 10.8 Å². The molecule has 2 aromatic rings. The van der Waals surface area contributed by atoms with Crippen molar-refractivity contribution >= 4 is 22.4 Å². The van der Waals surface area contributed by atoms with E-state index in [2.05, 4.69) is 15.5 Å². The molecule has 0 unspecified atom stereocenters. The number of H-pyrrole nitrogens is 2. The first-order valence-electron chi connectivity index (χ1n) is 5.31. The number of aromatic nitrogens is 2. The number of amides is 1. The molecule has 18 heavy (non-hydrogen) atoms. The van der Waals surface area contributed by atoms with Gasteiger partial charge < -0.3 is 11.1 Å². The van der Waals surface area contributed by atoms with Gasteiger partial charge in [0.05, 0.1) is 22.5 Å². The van der Waals surface area contributed by atoms with E-state index in [-0.39, 0.29) is 16.5 Å². The lowest BCUT2D eigenvalue weighted by atomic mass is 10.1. The van der Waals surface area contributed by atoms with E-state index in [1.54, 1.807) is 6.07 Å². The number of hydrogen-bond acceptors (Lipinski definition) is 4. The second-order valence-electron chi connectivity index (χ2n) is 3.91. The Morgan fingerprint density at radius 3 is 2.61 bits per heavy atom. The Morgan fingerprint density at radius 1 is 1.28 bits per heavy atom. The molecule has 0 bridgehead atoms. The molecule has 0 saturated heterocycles. The van der Waals surface area contributed by atoms with E-state index in [0.717, 1.165) is 0 Å². The molecule has 0 saturated carbocycles. The van der Waals surface area contributed by atoms with Gasteiger partial charge in [0.15, 0.2) is 0 Å². The number of benzene rings is 1. The van der Waals surface area contributed by atoms with Crippen LogP contribution in [0.15, 0.2) is 27.8 Å². The molecule has 94 valence electrons. The summed E-state index contributed by atoms with van der Waals surface area (Å²) in [6.07, 6.45) is 0. The molecule has 0 aliphatic carbocycles. The van der Waals surface area contributed by atoms with Crippen LogP contribution in [0.5, 0.6) is 0 Å². The Labute approximate surface area is 101 Å². The van der Waals surface area contributed by atoms with Crippen molar-refractivity contribution in [2.75, 3.05) is 5.32 Å². The summed E-state index contributed by atoms with van der Waals surface area (Å²) in [6, 6.07) is 3.91. The Kier molecular flexibility index (Phi) is 2.99. The predicted molar refractivity (Wildman–Crippen MR) is 67.5 cm³/mol. The molecule has 0 aliphatic rings. The fraction of sp³-hybridized carbons (Fsp3) is 0.182. The van der Waals surface area contributed by atoms with Crippen LogP contribution >= 0.6 is 0 Å². The van der Waals surface area contributed by atoms with Gasteiger partial charge in [0.25, 0.3) is 11.1 Å². The molecule has 1 amide bonds. The van der Waals surface area contributed by atoms with Crippen molar-refractivity contribution in [2.45, 2.75) is 13.0 Å². The van der Waals surface area contributed by atoms with Crippen molar-refractivity contribution in [3.05, 3.63) is 38.9 Å². The molecule has 1 aromatic heterocycles. The number of nitrogens with one attached hydrogen (secondary N) is 3. The third-order valence-electron chi connectivity index (χ3n) is 2.50. The number of carbonyl (C=O) groups is 1. The van der Waals surface area contributed by atoms with Crippen LogP contribution in [-0.2, 0) is 4.79 Å². The maximum absolute atomic E-state index is 11.7. The summed E-state index contributed by atoms with van der Waals surface area (Å²) < 4.78 is 0. The quantitative estimate of drug-likeness (QED) is 0.572. The number of nitrogens with two attached hydrogens (primary N) is 1. The number of aromatic amines is 2. The number of fused-ring (bicyclic) bond motifs is 1. The minimum absolute atomic E-state index is 0.134. The first-order valence-corrected chi connectivity index (χ1v) is 5.31. The fourth-order valence-corrected chi connectivity index (χ4v) is 1.58. The summed E-state index contributed by atoms with van der Waals surface area (Å²) in [6.45, 7) is 1.53. The standard InChI is InChI=1S/C11H12N4O3/c1-5(12)9(16)13-7-4-2-3-6-8(7)11(18)15-14-10(6)17/h2-5H,12H2,1H3,(H,13,16)(H,14,17)(H,15,18)/t5-/m1/s1. The number of anilines is 1. The summed E-state index contributed by atoms with van der Waals surface area (Å²) in [7, 11) is 0. The molecule has 0 radical (unpaired) electrons. The molecular weight excluding hydrogens is 236 g/mol. The normalized spacial score (nSPS) is 12.3. The zero-order chi connectivity index (χ0) is 13.3. The highest BCUT2D eigenvalue weighted by atomic mass is 16.2. The van der Waals surface area contributed by atoms with Crippen molar-refractivity contribution in [3.63, 3.8) is 0 Å². The second kappa shape index (κ2) is 4.46. The molecule has 7 heteroatoms. The van der Waals surface area contributed by atoms with Crippen LogP contribution in [0.3, 0.4) is 0 Å². The van der Waals surface area contributed by atoms with Gasteiger partial charge in [-0.1, -0.05) is 6.07 Å². The van der Waals surface area contributed by atoms with E-state index in [1.807, 2.05) is 0 Å². The smallest absolute Gasteiger partial charge is 0.272 e. The molecule has 0 fully saturated rings. The summed E-state index contributed by atoms with van der Waals surface area (Å²) in [5.74, 6) is -0.429. The topological polar surface area (TPSA) is 121 Å². The van der Waals surface area contributed by atoms with Crippen LogP contribution in [0.2, 0.25) is 0 Å². The monoisotopic (exact) mass is 248 g/mol. The average Bonchev–Trinajstić information content (AvgIpc) is 2.34. The van der Waals surface area contributed by atoms with Gasteiger partial charge in [-0.15, -0.1) is 0 Å². The minimum Gasteiger partial charge on any atom is -0.324 e. The number of carbonyl (C=O) groups excluding carboxylic acids is 1. The Bertz CT molecular complexity index is 714. The van der Waals surface area contributed by atoms with Crippen molar-refractivity contribution in [2.24, 2.45) is 5.73 Å². The van der Waals surface area contributed by atoms with E-state index in [4.69, 9.17) is 5.73 Å².